The van der Waals surface area contributed by atoms with Gasteiger partial charge in [-0.3, -0.25) is 0 Å². The lowest BCUT2D eigenvalue weighted by Gasteiger charge is -2.35. The largest absolute Gasteiger partial charge is 0.502 e. The summed E-state index contributed by atoms with van der Waals surface area (Å²) in [5.41, 5.74) is 1.06. The van der Waals surface area contributed by atoms with Crippen molar-refractivity contribution in [2.24, 2.45) is 0 Å². The first kappa shape index (κ1) is 51.3. The first-order valence-electron chi connectivity index (χ1n) is 21.1. The second-order valence-corrected chi connectivity index (χ2v) is 44.5. The zero-order valence-corrected chi connectivity index (χ0v) is 45.3. The van der Waals surface area contributed by atoms with E-state index >= 15 is 0 Å². The number of rotatable bonds is 27. The molecule has 18 heteroatoms. The van der Waals surface area contributed by atoms with Gasteiger partial charge in [-0.15, -0.1) is 0 Å². The topological polar surface area (TPSA) is 127 Å². The van der Waals surface area contributed by atoms with Crippen molar-refractivity contribution in [1.82, 2.24) is 15.0 Å². The van der Waals surface area contributed by atoms with Gasteiger partial charge in [0.1, 0.15) is 0 Å². The Bertz CT molecular complexity index is 1700. The Kier molecular flexibility index (Phi) is 19.4. The summed E-state index contributed by atoms with van der Waals surface area (Å²) in [6.07, 6.45) is 2.03. The van der Waals surface area contributed by atoms with Crippen LogP contribution in [0.15, 0.2) is 48.5 Å². The van der Waals surface area contributed by atoms with Gasteiger partial charge in [0.05, 0.1) is 38.9 Å². The molecule has 0 bridgehead atoms. The van der Waals surface area contributed by atoms with Crippen LogP contribution in [0.2, 0.25) is 81.7 Å². The lowest BCUT2D eigenvalue weighted by atomic mass is 10.4. The third kappa shape index (κ3) is 14.0. The van der Waals surface area contributed by atoms with Crippen molar-refractivity contribution in [3.05, 3.63) is 48.5 Å². The van der Waals surface area contributed by atoms with Crippen LogP contribution in [0.3, 0.4) is 0 Å². The molecule has 0 aliphatic rings. The molecule has 3 rings (SSSR count). The predicted molar refractivity (Wildman–Crippen MR) is 261 cm³/mol. The number of hydrogen-bond acceptors (Lipinski definition) is 12. The van der Waals surface area contributed by atoms with Gasteiger partial charge in [0, 0.05) is 67.0 Å². The molecule has 2 N–H and O–H groups in total. The standard InChI is InChI=1S/C41H77N5O7Si6/c1-17-53-41-45-39(42-28-18-30-54(9,10)35-20-24-37(25-21-35)56(13,14)32-34(2)59(50-6,51-7)52-8)44-40(46-41)43-29-19-31-55(11,12)36-22-26-38(27-23-36)57(15,16)33-58(47-3,48-4)49-5/h20-27,34H,17-19,28-33H2,1-16H3,(H2,42,43,44,45,46). The zero-order chi connectivity index (χ0) is 44.1. The average molecular weight is 921 g/mol. The summed E-state index contributed by atoms with van der Waals surface area (Å²) in [4.78, 5) is 13.8. The summed E-state index contributed by atoms with van der Waals surface area (Å²) in [6, 6.07) is 22.5. The highest BCUT2D eigenvalue weighted by atomic mass is 28.4. The molecule has 1 aromatic heterocycles. The van der Waals surface area contributed by atoms with Crippen LogP contribution < -0.4 is 36.1 Å². The summed E-state index contributed by atoms with van der Waals surface area (Å²) in [7, 11) is -2.10. The summed E-state index contributed by atoms with van der Waals surface area (Å²) >= 11 is 0. The van der Waals surface area contributed by atoms with Gasteiger partial charge in [0.25, 0.3) is 0 Å². The maximum absolute atomic E-state index is 5.80. The molecule has 3 aromatic rings. The van der Waals surface area contributed by atoms with Gasteiger partial charge in [-0.05, 0) is 25.8 Å². The van der Waals surface area contributed by atoms with Gasteiger partial charge in [-0.25, -0.2) is 0 Å². The van der Waals surface area contributed by atoms with Crippen LogP contribution in [-0.4, -0.2) is 127 Å². The maximum Gasteiger partial charge on any atom is 0.502 e. The first-order valence-corrected chi connectivity index (χ1v) is 37.7. The van der Waals surface area contributed by atoms with Gasteiger partial charge >= 0.3 is 23.6 Å². The smallest absolute Gasteiger partial charge is 0.464 e. The van der Waals surface area contributed by atoms with Crippen LogP contribution in [0.5, 0.6) is 6.01 Å². The minimum atomic E-state index is -2.69. The maximum atomic E-state index is 5.80. The van der Waals surface area contributed by atoms with Gasteiger partial charge in [-0.1, -0.05) is 141 Å². The number of nitrogens with zero attached hydrogens (tertiary/aromatic N) is 3. The number of nitrogens with one attached hydrogen (secondary N) is 2. The lowest BCUT2D eigenvalue weighted by molar-refractivity contribution is 0.115. The molecular weight excluding hydrogens is 843 g/mol. The molecule has 0 aliphatic heterocycles. The summed E-state index contributed by atoms with van der Waals surface area (Å²) in [5.74, 6) is 1.08. The molecule has 2 aromatic carbocycles. The Morgan fingerprint density at radius 3 is 1.25 bits per heavy atom. The van der Waals surface area contributed by atoms with E-state index in [1.165, 1.54) is 20.7 Å². The highest BCUT2D eigenvalue weighted by Gasteiger charge is 2.47. The highest BCUT2D eigenvalue weighted by Crippen LogP contribution is 2.32. The number of benzene rings is 2. The molecule has 1 heterocycles. The number of anilines is 2. The van der Waals surface area contributed by atoms with E-state index in [1.807, 2.05) is 6.92 Å². The van der Waals surface area contributed by atoms with Crippen molar-refractivity contribution in [3.8, 4) is 6.01 Å². The zero-order valence-electron chi connectivity index (χ0n) is 39.3. The normalized spacial score (nSPS) is 13.7. The van der Waals surface area contributed by atoms with Crippen molar-refractivity contribution in [1.29, 1.82) is 0 Å². The lowest BCUT2D eigenvalue weighted by Crippen LogP contribution is -2.55. The van der Waals surface area contributed by atoms with E-state index in [0.29, 0.717) is 24.5 Å². The number of aromatic nitrogens is 3. The Labute approximate surface area is 363 Å². The second-order valence-electron chi connectivity index (χ2n) is 18.2. The molecule has 59 heavy (non-hydrogen) atoms. The third-order valence-corrected chi connectivity index (χ3v) is 35.3. The molecular formula is C41H77N5O7Si6. The number of hydrogen-bond donors (Lipinski definition) is 2. The van der Waals surface area contributed by atoms with Gasteiger partial charge in [-0.2, -0.15) is 15.0 Å². The predicted octanol–water partition coefficient (Wildman–Crippen LogP) is 6.62. The molecule has 12 nitrogen and oxygen atoms in total. The average Bonchev–Trinajstić information content (AvgIpc) is 3.21. The molecule has 0 fully saturated rings. The van der Waals surface area contributed by atoms with Crippen LogP contribution in [0.4, 0.5) is 11.9 Å². The molecule has 0 aliphatic carbocycles. The Balaban J connectivity index is 1.55. The van der Waals surface area contributed by atoms with Crippen molar-refractivity contribution >= 4 is 82.5 Å². The van der Waals surface area contributed by atoms with E-state index in [2.05, 4.69) is 128 Å². The van der Waals surface area contributed by atoms with Gasteiger partial charge < -0.3 is 41.9 Å². The van der Waals surface area contributed by atoms with Crippen molar-refractivity contribution in [3.63, 3.8) is 0 Å². The summed E-state index contributed by atoms with van der Waals surface area (Å²) in [5, 5.41) is 12.7. The Hall–Kier alpha value is -2.09. The number of ether oxygens (including phenoxy) is 1. The van der Waals surface area contributed by atoms with Gasteiger partial charge in [0.15, 0.2) is 0 Å². The van der Waals surface area contributed by atoms with Crippen molar-refractivity contribution in [2.75, 3.05) is 73.0 Å². The quantitative estimate of drug-likeness (QED) is 0.0631. The van der Waals surface area contributed by atoms with Crippen LogP contribution in [0.1, 0.15) is 26.7 Å². The molecule has 0 spiro atoms. The van der Waals surface area contributed by atoms with E-state index in [1.54, 1.807) is 42.7 Å². The molecule has 0 saturated heterocycles. The van der Waals surface area contributed by atoms with E-state index in [0.717, 1.165) is 49.7 Å². The summed E-state index contributed by atoms with van der Waals surface area (Å²) in [6.45, 7) is 25.6. The fraction of sp³-hybridized carbons (Fsp3) is 0.634. The molecule has 332 valence electrons. The minimum absolute atomic E-state index is 0.223. The van der Waals surface area contributed by atoms with E-state index in [9.17, 15) is 0 Å². The van der Waals surface area contributed by atoms with Crippen LogP contribution in [0.25, 0.3) is 0 Å². The molecule has 1 unspecified atom stereocenters. The molecule has 0 saturated carbocycles. The van der Waals surface area contributed by atoms with Crippen molar-refractivity contribution in [2.45, 2.75) is 108 Å². The van der Waals surface area contributed by atoms with Crippen LogP contribution in [0, 0.1) is 0 Å². The Morgan fingerprint density at radius 2 is 0.898 bits per heavy atom. The second kappa shape index (κ2) is 22.3. The van der Waals surface area contributed by atoms with E-state index in [-0.39, 0.29) is 5.54 Å². The molecule has 0 radical (unpaired) electrons. The SMILES string of the molecule is CCOc1nc(NCCC[Si](C)(C)c2ccc([Si](C)(C)CC(C)[Si](OC)(OC)OC)cc2)nc(NCCC[Si](C)(C)c2ccc([Si](C)(C)C[Si](OC)(OC)OC)cc2)n1. The van der Waals surface area contributed by atoms with Gasteiger partial charge in [0.2, 0.25) is 11.9 Å². The van der Waals surface area contributed by atoms with Crippen LogP contribution >= 0.6 is 0 Å². The molecule has 0 amide bonds. The monoisotopic (exact) mass is 919 g/mol. The molecule has 1 atom stereocenters. The van der Waals surface area contributed by atoms with E-state index < -0.39 is 49.9 Å². The third-order valence-electron chi connectivity index (χ3n) is 12.2. The fourth-order valence-electron chi connectivity index (χ4n) is 8.17. The Morgan fingerprint density at radius 1 is 0.525 bits per heavy atom. The fourth-order valence-corrected chi connectivity index (χ4v) is 28.5. The highest BCUT2D eigenvalue weighted by molar-refractivity contribution is 6.98. The summed E-state index contributed by atoms with van der Waals surface area (Å²) < 4.78 is 40.4. The minimum Gasteiger partial charge on any atom is -0.464 e. The van der Waals surface area contributed by atoms with Crippen LogP contribution in [-0.2, 0) is 26.6 Å². The van der Waals surface area contributed by atoms with Crippen molar-refractivity contribution < 1.29 is 31.3 Å². The first-order chi connectivity index (χ1) is 27.7. The van der Waals surface area contributed by atoms with E-state index in [4.69, 9.17) is 36.3 Å².